The molecule has 1 rings (SSSR count). The predicted octanol–water partition coefficient (Wildman–Crippen LogP) is 1.54. The number of nitrogens with zero attached hydrogens (tertiary/aromatic N) is 2. The second kappa shape index (κ2) is 5.82. The van der Waals surface area contributed by atoms with Crippen molar-refractivity contribution in [1.29, 1.82) is 0 Å². The average molecular weight is 223 g/mol. The number of alkyl halides is 2. The second-order valence-corrected chi connectivity index (χ2v) is 3.70. The minimum atomic E-state index is -2.40. The molecule has 0 fully saturated rings. The van der Waals surface area contributed by atoms with Gasteiger partial charge in [0.2, 0.25) is 5.13 Å². The van der Waals surface area contributed by atoms with Crippen molar-refractivity contribution in [1.82, 2.24) is 10.2 Å². The van der Waals surface area contributed by atoms with Gasteiger partial charge in [-0.15, -0.1) is 10.2 Å². The highest BCUT2D eigenvalue weighted by molar-refractivity contribution is 7.15. The molecule has 1 aromatic rings. The van der Waals surface area contributed by atoms with Gasteiger partial charge in [0.25, 0.3) is 6.43 Å². The van der Waals surface area contributed by atoms with Gasteiger partial charge in [-0.2, -0.15) is 0 Å². The number of rotatable bonds is 6. The van der Waals surface area contributed by atoms with Crippen molar-refractivity contribution >= 4 is 16.5 Å². The van der Waals surface area contributed by atoms with E-state index in [1.807, 2.05) is 6.92 Å². The third kappa shape index (κ3) is 4.43. The van der Waals surface area contributed by atoms with Crippen LogP contribution in [-0.4, -0.2) is 36.4 Å². The highest BCUT2D eigenvalue weighted by Crippen LogP contribution is 2.12. The molecule has 4 nitrogen and oxygen atoms in total. The standard InChI is InChI=1S/C7H11F2N3OS/c1-5-11-12-7(14-5)10-2-3-13-4-6(8)9/h6H,2-4H2,1H3,(H,10,12). The molecule has 0 aliphatic rings. The largest absolute Gasteiger partial charge is 0.374 e. The summed E-state index contributed by atoms with van der Waals surface area (Å²) >= 11 is 1.42. The molecule has 80 valence electrons. The molecule has 0 atom stereocenters. The van der Waals surface area contributed by atoms with Crippen LogP contribution in [0.1, 0.15) is 5.01 Å². The van der Waals surface area contributed by atoms with Crippen molar-refractivity contribution < 1.29 is 13.5 Å². The van der Waals surface area contributed by atoms with Gasteiger partial charge in [0.1, 0.15) is 11.6 Å². The van der Waals surface area contributed by atoms with Crippen LogP contribution in [0.3, 0.4) is 0 Å². The normalized spacial score (nSPS) is 10.9. The fraction of sp³-hybridized carbons (Fsp3) is 0.714. The summed E-state index contributed by atoms with van der Waals surface area (Å²) in [6.07, 6.45) is -2.40. The van der Waals surface area contributed by atoms with E-state index in [9.17, 15) is 8.78 Å². The number of hydrogen-bond donors (Lipinski definition) is 1. The molecule has 0 aliphatic carbocycles. The number of aryl methyl sites for hydroxylation is 1. The monoisotopic (exact) mass is 223 g/mol. The van der Waals surface area contributed by atoms with E-state index in [4.69, 9.17) is 0 Å². The molecule has 14 heavy (non-hydrogen) atoms. The summed E-state index contributed by atoms with van der Waals surface area (Å²) < 4.78 is 27.9. The molecule has 0 unspecified atom stereocenters. The summed E-state index contributed by atoms with van der Waals surface area (Å²) in [7, 11) is 0. The molecule has 0 amide bonds. The van der Waals surface area contributed by atoms with Crippen LogP contribution in [0.25, 0.3) is 0 Å². The number of hydrogen-bond acceptors (Lipinski definition) is 5. The third-order valence-corrected chi connectivity index (χ3v) is 2.09. The minimum absolute atomic E-state index is 0.239. The molecule has 0 saturated heterocycles. The Bertz CT molecular complexity index is 269. The molecule has 0 radical (unpaired) electrons. The molecule has 1 N–H and O–H groups in total. The topological polar surface area (TPSA) is 47.0 Å². The van der Waals surface area contributed by atoms with E-state index in [1.54, 1.807) is 0 Å². The Morgan fingerprint density at radius 1 is 1.50 bits per heavy atom. The molecule has 0 aromatic carbocycles. The van der Waals surface area contributed by atoms with E-state index in [0.29, 0.717) is 11.7 Å². The first kappa shape index (κ1) is 11.3. The molecule has 0 spiro atoms. The zero-order chi connectivity index (χ0) is 10.4. The predicted molar refractivity (Wildman–Crippen MR) is 50.0 cm³/mol. The Balaban J connectivity index is 2.04. The van der Waals surface area contributed by atoms with E-state index in [2.05, 4.69) is 20.3 Å². The Kier molecular flexibility index (Phi) is 4.68. The second-order valence-electron chi connectivity index (χ2n) is 2.52. The molecular weight excluding hydrogens is 212 g/mol. The van der Waals surface area contributed by atoms with Crippen molar-refractivity contribution in [2.45, 2.75) is 13.3 Å². The Morgan fingerprint density at radius 3 is 2.86 bits per heavy atom. The molecular formula is C7H11F2N3OS. The van der Waals surface area contributed by atoms with Crippen LogP contribution in [0, 0.1) is 6.92 Å². The molecule has 1 heterocycles. The van der Waals surface area contributed by atoms with Gasteiger partial charge in [-0.3, -0.25) is 0 Å². The van der Waals surface area contributed by atoms with Crippen molar-refractivity contribution in [3.8, 4) is 0 Å². The van der Waals surface area contributed by atoms with Crippen LogP contribution >= 0.6 is 11.3 Å². The fourth-order valence-corrected chi connectivity index (χ4v) is 1.39. The molecule has 0 aliphatic heterocycles. The highest BCUT2D eigenvalue weighted by atomic mass is 32.1. The molecule has 0 saturated carbocycles. The van der Waals surface area contributed by atoms with Crippen LogP contribution in [-0.2, 0) is 4.74 Å². The van der Waals surface area contributed by atoms with E-state index >= 15 is 0 Å². The zero-order valence-corrected chi connectivity index (χ0v) is 8.48. The summed E-state index contributed by atoms with van der Waals surface area (Å²) in [4.78, 5) is 0. The Labute approximate surface area is 84.3 Å². The van der Waals surface area contributed by atoms with Gasteiger partial charge in [0.05, 0.1) is 6.61 Å². The number of ether oxygens (including phenoxy) is 1. The van der Waals surface area contributed by atoms with Crippen molar-refractivity contribution in [2.75, 3.05) is 25.1 Å². The first-order valence-corrected chi connectivity index (χ1v) is 4.90. The van der Waals surface area contributed by atoms with Crippen LogP contribution in [0.5, 0.6) is 0 Å². The summed E-state index contributed by atoms with van der Waals surface area (Å²) in [5.41, 5.74) is 0. The molecule has 0 bridgehead atoms. The summed E-state index contributed by atoms with van der Waals surface area (Å²) in [6.45, 7) is 2.03. The van der Waals surface area contributed by atoms with Crippen molar-refractivity contribution in [3.63, 3.8) is 0 Å². The lowest BCUT2D eigenvalue weighted by Gasteiger charge is -2.03. The lowest BCUT2D eigenvalue weighted by molar-refractivity contribution is 0.0215. The van der Waals surface area contributed by atoms with E-state index in [0.717, 1.165) is 5.01 Å². The molecule has 1 aromatic heterocycles. The lowest BCUT2D eigenvalue weighted by Crippen LogP contribution is -2.12. The van der Waals surface area contributed by atoms with Crippen LogP contribution in [0.2, 0.25) is 0 Å². The summed E-state index contributed by atoms with van der Waals surface area (Å²) in [6, 6.07) is 0. The van der Waals surface area contributed by atoms with Crippen LogP contribution in [0.15, 0.2) is 0 Å². The maximum atomic E-state index is 11.6. The lowest BCUT2D eigenvalue weighted by atomic mass is 10.7. The van der Waals surface area contributed by atoms with Crippen LogP contribution < -0.4 is 5.32 Å². The van der Waals surface area contributed by atoms with Gasteiger partial charge in [-0.05, 0) is 6.92 Å². The smallest absolute Gasteiger partial charge is 0.261 e. The van der Waals surface area contributed by atoms with Gasteiger partial charge in [-0.1, -0.05) is 11.3 Å². The minimum Gasteiger partial charge on any atom is -0.374 e. The number of nitrogens with one attached hydrogen (secondary N) is 1. The van der Waals surface area contributed by atoms with E-state index in [1.165, 1.54) is 11.3 Å². The van der Waals surface area contributed by atoms with Crippen LogP contribution in [0.4, 0.5) is 13.9 Å². The maximum Gasteiger partial charge on any atom is 0.261 e. The van der Waals surface area contributed by atoms with Gasteiger partial charge in [0.15, 0.2) is 0 Å². The average Bonchev–Trinajstić information content (AvgIpc) is 2.50. The fourth-order valence-electron chi connectivity index (χ4n) is 0.771. The van der Waals surface area contributed by atoms with Gasteiger partial charge in [-0.25, -0.2) is 8.78 Å². The highest BCUT2D eigenvalue weighted by Gasteiger charge is 2.02. The first-order valence-electron chi connectivity index (χ1n) is 4.08. The number of halogens is 2. The number of anilines is 1. The Morgan fingerprint density at radius 2 is 2.29 bits per heavy atom. The quantitative estimate of drug-likeness (QED) is 0.743. The summed E-state index contributed by atoms with van der Waals surface area (Å²) in [5, 5.41) is 12.1. The number of aromatic nitrogens is 2. The zero-order valence-electron chi connectivity index (χ0n) is 7.67. The SMILES string of the molecule is Cc1nnc(NCCOCC(F)F)s1. The van der Waals surface area contributed by atoms with Crippen molar-refractivity contribution in [3.05, 3.63) is 5.01 Å². The van der Waals surface area contributed by atoms with Gasteiger partial charge >= 0.3 is 0 Å². The van der Waals surface area contributed by atoms with Crippen molar-refractivity contribution in [2.24, 2.45) is 0 Å². The van der Waals surface area contributed by atoms with Gasteiger partial charge < -0.3 is 10.1 Å². The first-order chi connectivity index (χ1) is 6.68. The molecule has 7 heteroatoms. The third-order valence-electron chi connectivity index (χ3n) is 1.29. The van der Waals surface area contributed by atoms with E-state index < -0.39 is 13.0 Å². The van der Waals surface area contributed by atoms with Gasteiger partial charge in [0, 0.05) is 6.54 Å². The maximum absolute atomic E-state index is 11.6. The summed E-state index contributed by atoms with van der Waals surface area (Å²) in [5.74, 6) is 0. The Hall–Kier alpha value is -0.820. The van der Waals surface area contributed by atoms with E-state index in [-0.39, 0.29) is 6.61 Å².